The highest BCUT2D eigenvalue weighted by atomic mass is 35.5. The minimum atomic E-state index is 0.428. The number of rotatable bonds is 7. The first kappa shape index (κ1) is 15.5. The maximum Gasteiger partial charge on any atom is 0.0411 e. The van der Waals surface area contributed by atoms with Gasteiger partial charge in [0.25, 0.3) is 0 Å². The molecule has 102 valence electrons. The van der Waals surface area contributed by atoms with E-state index in [0.717, 1.165) is 23.9 Å². The van der Waals surface area contributed by atoms with Gasteiger partial charge in [0.15, 0.2) is 0 Å². The molecule has 1 N–H and O–H groups in total. The zero-order chi connectivity index (χ0) is 13.5. The molecule has 0 radical (unpaired) electrons. The lowest BCUT2D eigenvalue weighted by Gasteiger charge is -2.23. The second kappa shape index (κ2) is 7.81. The smallest absolute Gasteiger partial charge is 0.0411 e. The molecular weight excluding hydrogens is 242 g/mol. The summed E-state index contributed by atoms with van der Waals surface area (Å²) in [5.41, 5.74) is 2.57. The van der Waals surface area contributed by atoms with E-state index in [0.29, 0.717) is 6.04 Å². The van der Waals surface area contributed by atoms with Crippen molar-refractivity contribution in [2.75, 3.05) is 6.54 Å². The predicted octanol–water partition coefficient (Wildman–Crippen LogP) is 5.13. The Labute approximate surface area is 117 Å². The molecule has 2 heteroatoms. The van der Waals surface area contributed by atoms with Crippen LogP contribution in [0.1, 0.15) is 57.2 Å². The van der Waals surface area contributed by atoms with Gasteiger partial charge in [-0.3, -0.25) is 0 Å². The molecule has 0 spiro atoms. The second-order valence-corrected chi connectivity index (χ2v) is 5.75. The molecular formula is C16H26ClN. The number of aryl methyl sites for hydroxylation is 1. The molecule has 1 nitrogen and oxygen atoms in total. The Morgan fingerprint density at radius 3 is 2.50 bits per heavy atom. The molecule has 2 atom stereocenters. The zero-order valence-corrected chi connectivity index (χ0v) is 12.8. The Kier molecular flexibility index (Phi) is 6.73. The Morgan fingerprint density at radius 1 is 1.22 bits per heavy atom. The molecule has 0 bridgehead atoms. The summed E-state index contributed by atoms with van der Waals surface area (Å²) in [7, 11) is 0. The molecule has 0 aromatic heterocycles. The van der Waals surface area contributed by atoms with Crippen molar-refractivity contribution in [3.05, 3.63) is 34.3 Å². The van der Waals surface area contributed by atoms with Crippen molar-refractivity contribution in [2.45, 2.75) is 53.0 Å². The lowest BCUT2D eigenvalue weighted by Crippen LogP contribution is -2.24. The van der Waals surface area contributed by atoms with Gasteiger partial charge < -0.3 is 5.32 Å². The van der Waals surface area contributed by atoms with Crippen molar-refractivity contribution in [2.24, 2.45) is 5.92 Å². The van der Waals surface area contributed by atoms with Crippen LogP contribution in [0.3, 0.4) is 0 Å². The van der Waals surface area contributed by atoms with E-state index < -0.39 is 0 Å². The van der Waals surface area contributed by atoms with Gasteiger partial charge in [-0.05, 0) is 55.5 Å². The van der Waals surface area contributed by atoms with Crippen molar-refractivity contribution in [3.63, 3.8) is 0 Å². The fourth-order valence-electron chi connectivity index (χ4n) is 2.19. The van der Waals surface area contributed by atoms with Gasteiger partial charge in [-0.25, -0.2) is 0 Å². The number of halogens is 1. The molecule has 0 amide bonds. The summed E-state index contributed by atoms with van der Waals surface area (Å²) in [4.78, 5) is 0. The van der Waals surface area contributed by atoms with E-state index >= 15 is 0 Å². The van der Waals surface area contributed by atoms with Gasteiger partial charge in [-0.15, -0.1) is 0 Å². The first-order valence-electron chi connectivity index (χ1n) is 7.07. The highest BCUT2D eigenvalue weighted by Gasteiger charge is 2.14. The summed E-state index contributed by atoms with van der Waals surface area (Å²) in [5, 5.41) is 4.49. The maximum absolute atomic E-state index is 6.17. The van der Waals surface area contributed by atoms with Gasteiger partial charge in [0.05, 0.1) is 0 Å². The van der Waals surface area contributed by atoms with Gasteiger partial charge in [0.1, 0.15) is 0 Å². The van der Waals surface area contributed by atoms with E-state index in [1.54, 1.807) is 0 Å². The minimum absolute atomic E-state index is 0.428. The molecule has 0 aliphatic heterocycles. The summed E-state index contributed by atoms with van der Waals surface area (Å²) in [6.45, 7) is 9.95. The normalized spacial score (nSPS) is 14.5. The third-order valence-electron chi connectivity index (χ3n) is 3.44. The number of benzene rings is 1. The molecule has 1 aromatic carbocycles. The third kappa shape index (κ3) is 4.99. The summed E-state index contributed by atoms with van der Waals surface area (Å²) in [5.74, 6) is 0.735. The fraction of sp³-hybridized carbons (Fsp3) is 0.625. The average Bonchev–Trinajstić information content (AvgIpc) is 2.32. The third-order valence-corrected chi connectivity index (χ3v) is 3.66. The van der Waals surface area contributed by atoms with E-state index in [2.05, 4.69) is 45.1 Å². The van der Waals surface area contributed by atoms with Crippen molar-refractivity contribution >= 4 is 11.6 Å². The Hall–Kier alpha value is -0.530. The van der Waals surface area contributed by atoms with Gasteiger partial charge in [-0.2, -0.15) is 0 Å². The summed E-state index contributed by atoms with van der Waals surface area (Å²) >= 11 is 6.17. The number of nitrogens with one attached hydrogen (secondary N) is 1. The molecule has 0 saturated carbocycles. The van der Waals surface area contributed by atoms with Crippen molar-refractivity contribution in [1.82, 2.24) is 5.32 Å². The average molecular weight is 268 g/mol. The highest BCUT2D eigenvalue weighted by molar-refractivity contribution is 6.30. The molecule has 0 aliphatic rings. The molecule has 0 heterocycles. The van der Waals surface area contributed by atoms with Gasteiger partial charge in [-0.1, -0.05) is 44.9 Å². The highest BCUT2D eigenvalue weighted by Crippen LogP contribution is 2.26. The van der Waals surface area contributed by atoms with E-state index in [1.165, 1.54) is 24.0 Å². The SMILES string of the molecule is CCCNC(CC(C)CC)c1cc(C)cc(Cl)c1. The Morgan fingerprint density at radius 2 is 1.94 bits per heavy atom. The van der Waals surface area contributed by atoms with Crippen LogP contribution in [0.2, 0.25) is 5.02 Å². The van der Waals surface area contributed by atoms with Crippen LogP contribution in [-0.4, -0.2) is 6.54 Å². The van der Waals surface area contributed by atoms with Crippen LogP contribution in [0.25, 0.3) is 0 Å². The van der Waals surface area contributed by atoms with E-state index in [4.69, 9.17) is 11.6 Å². The van der Waals surface area contributed by atoms with Crippen LogP contribution in [0.5, 0.6) is 0 Å². The van der Waals surface area contributed by atoms with Crippen molar-refractivity contribution in [3.8, 4) is 0 Å². The van der Waals surface area contributed by atoms with E-state index in [-0.39, 0.29) is 0 Å². The minimum Gasteiger partial charge on any atom is -0.310 e. The fourth-order valence-corrected chi connectivity index (χ4v) is 2.49. The molecule has 18 heavy (non-hydrogen) atoms. The predicted molar refractivity (Wildman–Crippen MR) is 81.3 cm³/mol. The van der Waals surface area contributed by atoms with Gasteiger partial charge in [0.2, 0.25) is 0 Å². The molecule has 0 saturated heterocycles. The monoisotopic (exact) mass is 267 g/mol. The lowest BCUT2D eigenvalue weighted by atomic mass is 9.93. The van der Waals surface area contributed by atoms with E-state index in [1.807, 2.05) is 6.07 Å². The molecule has 1 aromatic rings. The van der Waals surface area contributed by atoms with Crippen molar-refractivity contribution in [1.29, 1.82) is 0 Å². The standard InChI is InChI=1S/C16H26ClN/c1-5-7-18-16(10-12(3)6-2)14-8-13(4)9-15(17)11-14/h8-9,11-12,16,18H,5-7,10H2,1-4H3. The first-order valence-corrected chi connectivity index (χ1v) is 7.45. The number of hydrogen-bond acceptors (Lipinski definition) is 1. The number of hydrogen-bond donors (Lipinski definition) is 1. The van der Waals surface area contributed by atoms with Crippen LogP contribution in [0, 0.1) is 12.8 Å². The summed E-state index contributed by atoms with van der Waals surface area (Å²) in [6.07, 6.45) is 3.57. The van der Waals surface area contributed by atoms with Crippen LogP contribution < -0.4 is 5.32 Å². The Balaban J connectivity index is 2.85. The maximum atomic E-state index is 6.17. The topological polar surface area (TPSA) is 12.0 Å². The Bertz CT molecular complexity index is 342. The van der Waals surface area contributed by atoms with Crippen LogP contribution in [0.15, 0.2) is 18.2 Å². The largest absolute Gasteiger partial charge is 0.310 e. The van der Waals surface area contributed by atoms with Gasteiger partial charge in [0, 0.05) is 11.1 Å². The van der Waals surface area contributed by atoms with Crippen LogP contribution >= 0.6 is 11.6 Å². The zero-order valence-electron chi connectivity index (χ0n) is 12.1. The van der Waals surface area contributed by atoms with Gasteiger partial charge >= 0.3 is 0 Å². The second-order valence-electron chi connectivity index (χ2n) is 5.32. The molecule has 0 aliphatic carbocycles. The van der Waals surface area contributed by atoms with Crippen LogP contribution in [-0.2, 0) is 0 Å². The summed E-state index contributed by atoms with van der Waals surface area (Å²) < 4.78 is 0. The first-order chi connectivity index (χ1) is 8.56. The molecule has 0 fully saturated rings. The van der Waals surface area contributed by atoms with Crippen molar-refractivity contribution < 1.29 is 0 Å². The molecule has 2 unspecified atom stereocenters. The van der Waals surface area contributed by atoms with E-state index in [9.17, 15) is 0 Å². The molecule has 1 rings (SSSR count). The summed E-state index contributed by atoms with van der Waals surface area (Å²) in [6, 6.07) is 6.80. The van der Waals surface area contributed by atoms with Crippen LogP contribution in [0.4, 0.5) is 0 Å². The quantitative estimate of drug-likeness (QED) is 0.723. The lowest BCUT2D eigenvalue weighted by molar-refractivity contribution is 0.402.